The quantitative estimate of drug-likeness (QED) is 0.285. The first-order chi connectivity index (χ1) is 21.4. The van der Waals surface area contributed by atoms with E-state index in [0.717, 1.165) is 46.8 Å². The molecule has 1 aliphatic heterocycles. The van der Waals surface area contributed by atoms with Crippen LogP contribution in [0, 0.1) is 0 Å². The Hall–Kier alpha value is -4.63. The largest absolute Gasteiger partial charge is 0.497 e. The van der Waals surface area contributed by atoms with Gasteiger partial charge in [-0.3, -0.25) is 19.2 Å². The number of hydrogen-bond donors (Lipinski definition) is 0. The first-order valence-corrected chi connectivity index (χ1v) is 15.1. The normalized spacial score (nSPS) is 14.5. The van der Waals surface area contributed by atoms with Gasteiger partial charge in [-0.25, -0.2) is 0 Å². The SMILES string of the molecule is CCOc1ccccc1CN1CCCN(C(C)=O)c2ccccc2CN(C(=O)c2cc(-c3ccc(OC)cc3)nn2C)CC1. The Bertz CT molecular complexity index is 1580. The van der Waals surface area contributed by atoms with E-state index < -0.39 is 0 Å². The third-order valence-corrected chi connectivity index (χ3v) is 8.00. The zero-order valence-electron chi connectivity index (χ0n) is 26.0. The average molecular weight is 596 g/mol. The fraction of sp³-hybridized carbons (Fsp3) is 0.343. The van der Waals surface area contributed by atoms with Crippen LogP contribution in [0.1, 0.15) is 41.9 Å². The zero-order chi connectivity index (χ0) is 31.1. The van der Waals surface area contributed by atoms with Gasteiger partial charge in [0.1, 0.15) is 17.2 Å². The maximum Gasteiger partial charge on any atom is 0.272 e. The van der Waals surface area contributed by atoms with Crippen molar-refractivity contribution in [1.82, 2.24) is 19.6 Å². The molecule has 0 radical (unpaired) electrons. The number of aryl methyl sites for hydroxylation is 1. The van der Waals surface area contributed by atoms with Gasteiger partial charge < -0.3 is 19.3 Å². The van der Waals surface area contributed by atoms with Crippen molar-refractivity contribution in [3.05, 3.63) is 95.7 Å². The minimum atomic E-state index is -0.113. The van der Waals surface area contributed by atoms with Gasteiger partial charge in [-0.2, -0.15) is 5.10 Å². The predicted molar refractivity (Wildman–Crippen MR) is 172 cm³/mol. The number of anilines is 1. The summed E-state index contributed by atoms with van der Waals surface area (Å²) >= 11 is 0. The molecule has 0 atom stereocenters. The van der Waals surface area contributed by atoms with E-state index in [-0.39, 0.29) is 11.8 Å². The molecule has 230 valence electrons. The number of para-hydroxylation sites is 2. The summed E-state index contributed by atoms with van der Waals surface area (Å²) < 4.78 is 12.9. The highest BCUT2D eigenvalue weighted by atomic mass is 16.5. The van der Waals surface area contributed by atoms with Crippen LogP contribution >= 0.6 is 0 Å². The smallest absolute Gasteiger partial charge is 0.272 e. The first kappa shape index (κ1) is 30.8. The van der Waals surface area contributed by atoms with Crippen molar-refractivity contribution in [3.8, 4) is 22.8 Å². The lowest BCUT2D eigenvalue weighted by Gasteiger charge is -2.28. The second-order valence-corrected chi connectivity index (χ2v) is 11.0. The summed E-state index contributed by atoms with van der Waals surface area (Å²) in [6, 6.07) is 25.5. The van der Waals surface area contributed by atoms with Crippen molar-refractivity contribution in [2.75, 3.05) is 44.8 Å². The minimum absolute atomic E-state index is 0.0152. The Labute approximate surface area is 259 Å². The van der Waals surface area contributed by atoms with Crippen LogP contribution < -0.4 is 14.4 Å². The van der Waals surface area contributed by atoms with E-state index in [1.54, 1.807) is 25.8 Å². The number of rotatable bonds is 7. The van der Waals surface area contributed by atoms with Crippen molar-refractivity contribution in [2.24, 2.45) is 7.05 Å². The molecule has 2 heterocycles. The first-order valence-electron chi connectivity index (χ1n) is 15.1. The van der Waals surface area contributed by atoms with Gasteiger partial charge in [-0.15, -0.1) is 0 Å². The summed E-state index contributed by atoms with van der Waals surface area (Å²) in [7, 11) is 3.43. The van der Waals surface area contributed by atoms with Crippen LogP contribution in [-0.4, -0.2) is 71.3 Å². The third kappa shape index (κ3) is 7.11. The highest BCUT2D eigenvalue weighted by Crippen LogP contribution is 2.27. The van der Waals surface area contributed by atoms with Gasteiger partial charge in [0.2, 0.25) is 5.91 Å². The molecular weight excluding hydrogens is 554 g/mol. The molecule has 2 amide bonds. The lowest BCUT2D eigenvalue weighted by molar-refractivity contribution is -0.116. The Balaban J connectivity index is 1.47. The second kappa shape index (κ2) is 14.2. The van der Waals surface area contributed by atoms with Gasteiger partial charge in [0.05, 0.1) is 19.4 Å². The molecular formula is C35H41N5O4. The Morgan fingerprint density at radius 2 is 1.66 bits per heavy atom. The molecule has 0 spiro atoms. The molecule has 5 rings (SSSR count). The number of amides is 2. The van der Waals surface area contributed by atoms with E-state index in [2.05, 4.69) is 16.1 Å². The molecule has 0 unspecified atom stereocenters. The molecule has 9 nitrogen and oxygen atoms in total. The lowest BCUT2D eigenvalue weighted by atomic mass is 10.1. The standard InChI is InChI=1S/C35H41N5O4/c1-5-44-34-14-9-7-12-29(34)24-38-19-10-20-40(26(2)41)32-13-8-6-11-28(32)25-39(22-21-38)35(42)33-23-31(36-37(33)3)27-15-17-30(43-4)18-16-27/h6-9,11-18,23H,5,10,19-22,24-25H2,1-4H3. The number of fused-ring (bicyclic) bond motifs is 1. The zero-order valence-corrected chi connectivity index (χ0v) is 26.0. The maximum atomic E-state index is 14.3. The van der Waals surface area contributed by atoms with Crippen molar-refractivity contribution >= 4 is 17.5 Å². The van der Waals surface area contributed by atoms with Crippen LogP contribution in [0.2, 0.25) is 0 Å². The summed E-state index contributed by atoms with van der Waals surface area (Å²) in [5.41, 5.74) is 5.00. The molecule has 0 N–H and O–H groups in total. The van der Waals surface area contributed by atoms with Crippen LogP contribution in [0.25, 0.3) is 11.3 Å². The van der Waals surface area contributed by atoms with Crippen molar-refractivity contribution < 1.29 is 19.1 Å². The third-order valence-electron chi connectivity index (χ3n) is 8.00. The van der Waals surface area contributed by atoms with Gasteiger partial charge >= 0.3 is 0 Å². The van der Waals surface area contributed by atoms with E-state index in [9.17, 15) is 9.59 Å². The molecule has 0 aliphatic carbocycles. The van der Waals surface area contributed by atoms with Crippen LogP contribution in [-0.2, 0) is 24.9 Å². The van der Waals surface area contributed by atoms with Gasteiger partial charge in [0, 0.05) is 70.1 Å². The van der Waals surface area contributed by atoms with Crippen molar-refractivity contribution in [2.45, 2.75) is 33.4 Å². The number of nitrogens with zero attached hydrogens (tertiary/aromatic N) is 5. The van der Waals surface area contributed by atoms with E-state index in [1.165, 1.54) is 0 Å². The number of carbonyl (C=O) groups excluding carboxylic acids is 2. The van der Waals surface area contributed by atoms with Crippen LogP contribution in [0.3, 0.4) is 0 Å². The topological polar surface area (TPSA) is 80.1 Å². The number of carbonyl (C=O) groups is 2. The second-order valence-electron chi connectivity index (χ2n) is 11.0. The minimum Gasteiger partial charge on any atom is -0.497 e. The molecule has 44 heavy (non-hydrogen) atoms. The molecule has 3 aromatic carbocycles. The lowest BCUT2D eigenvalue weighted by Crippen LogP contribution is -2.39. The highest BCUT2D eigenvalue weighted by molar-refractivity contribution is 5.95. The van der Waals surface area contributed by atoms with Gasteiger partial charge in [-0.1, -0.05) is 36.4 Å². The molecule has 1 aliphatic rings. The molecule has 4 aromatic rings. The maximum absolute atomic E-state index is 14.3. The Morgan fingerprint density at radius 1 is 0.909 bits per heavy atom. The van der Waals surface area contributed by atoms with Crippen LogP contribution in [0.15, 0.2) is 78.9 Å². The number of hydrogen-bond acceptors (Lipinski definition) is 6. The fourth-order valence-electron chi connectivity index (χ4n) is 5.70. The average Bonchev–Trinajstić information content (AvgIpc) is 3.41. The van der Waals surface area contributed by atoms with Gasteiger partial charge in [0.15, 0.2) is 0 Å². The summed E-state index contributed by atoms with van der Waals surface area (Å²) in [5.74, 6) is 1.50. The molecule has 9 heteroatoms. The summed E-state index contributed by atoms with van der Waals surface area (Å²) in [6.45, 7) is 7.76. The Morgan fingerprint density at radius 3 is 2.41 bits per heavy atom. The summed E-state index contributed by atoms with van der Waals surface area (Å²) in [5, 5.41) is 4.67. The van der Waals surface area contributed by atoms with Gasteiger partial charge in [-0.05, 0) is 61.4 Å². The summed E-state index contributed by atoms with van der Waals surface area (Å²) in [6.07, 6.45) is 0.797. The van der Waals surface area contributed by atoms with E-state index in [0.29, 0.717) is 50.7 Å². The van der Waals surface area contributed by atoms with Crippen LogP contribution in [0.5, 0.6) is 11.5 Å². The van der Waals surface area contributed by atoms with E-state index >= 15 is 0 Å². The van der Waals surface area contributed by atoms with E-state index in [1.807, 2.05) is 89.5 Å². The molecule has 1 aromatic heterocycles. The monoisotopic (exact) mass is 595 g/mol. The molecule has 0 fully saturated rings. The predicted octanol–water partition coefficient (Wildman–Crippen LogP) is 5.40. The highest BCUT2D eigenvalue weighted by Gasteiger charge is 2.25. The number of methoxy groups -OCH3 is 1. The summed E-state index contributed by atoms with van der Waals surface area (Å²) in [4.78, 5) is 33.2. The van der Waals surface area contributed by atoms with Gasteiger partial charge in [0.25, 0.3) is 5.91 Å². The fourth-order valence-corrected chi connectivity index (χ4v) is 5.70. The van der Waals surface area contributed by atoms with Crippen molar-refractivity contribution in [1.29, 1.82) is 0 Å². The van der Waals surface area contributed by atoms with Crippen molar-refractivity contribution in [3.63, 3.8) is 0 Å². The molecule has 0 saturated carbocycles. The molecule has 0 saturated heterocycles. The van der Waals surface area contributed by atoms with Crippen LogP contribution in [0.4, 0.5) is 5.69 Å². The molecule has 0 bridgehead atoms. The number of ether oxygens (including phenoxy) is 2. The number of aromatic nitrogens is 2. The number of benzene rings is 3. The Kier molecular flexibility index (Phi) is 9.96. The van der Waals surface area contributed by atoms with E-state index in [4.69, 9.17) is 9.47 Å².